The lowest BCUT2D eigenvalue weighted by Gasteiger charge is -2.14. The van der Waals surface area contributed by atoms with Crippen molar-refractivity contribution in [2.24, 2.45) is 0 Å². The maximum atomic E-state index is 10.3. The van der Waals surface area contributed by atoms with E-state index < -0.39 is 6.10 Å². The van der Waals surface area contributed by atoms with Crippen LogP contribution < -0.4 is 4.74 Å². The molecule has 2 rings (SSSR count). The van der Waals surface area contributed by atoms with Gasteiger partial charge >= 0.3 is 0 Å². The molecule has 0 saturated carbocycles. The lowest BCUT2D eigenvalue weighted by atomic mass is 10.0. The molecule has 1 aromatic carbocycles. The Labute approximate surface area is 117 Å². The summed E-state index contributed by atoms with van der Waals surface area (Å²) in [5.74, 6) is 0.784. The molecule has 1 heterocycles. The maximum absolute atomic E-state index is 10.3. The molecule has 0 bridgehead atoms. The molecule has 1 N–H and O–H groups in total. The predicted octanol–water partition coefficient (Wildman–Crippen LogP) is 3.60. The summed E-state index contributed by atoms with van der Waals surface area (Å²) in [4.78, 5) is 3.90. The zero-order valence-electron chi connectivity index (χ0n) is 10.9. The van der Waals surface area contributed by atoms with Crippen molar-refractivity contribution in [3.8, 4) is 5.75 Å². The molecule has 100 valence electrons. The average Bonchev–Trinajstić information content (AvgIpc) is 2.39. The second-order valence-electron chi connectivity index (χ2n) is 4.54. The van der Waals surface area contributed by atoms with E-state index in [-0.39, 0.29) is 6.10 Å². The van der Waals surface area contributed by atoms with Crippen molar-refractivity contribution in [2.45, 2.75) is 26.1 Å². The van der Waals surface area contributed by atoms with Crippen LogP contribution >= 0.6 is 11.6 Å². The first kappa shape index (κ1) is 13.8. The largest absolute Gasteiger partial charge is 0.491 e. The third kappa shape index (κ3) is 3.46. The van der Waals surface area contributed by atoms with Gasteiger partial charge in [0.05, 0.1) is 11.1 Å². The Balaban J connectivity index is 2.20. The van der Waals surface area contributed by atoms with Gasteiger partial charge in [-0.25, -0.2) is 0 Å². The molecule has 0 amide bonds. The van der Waals surface area contributed by atoms with Crippen LogP contribution in [0.15, 0.2) is 42.7 Å². The van der Waals surface area contributed by atoms with Crippen molar-refractivity contribution >= 4 is 11.6 Å². The highest BCUT2D eigenvalue weighted by atomic mass is 35.5. The van der Waals surface area contributed by atoms with Crippen molar-refractivity contribution in [3.63, 3.8) is 0 Å². The molecule has 2 aromatic rings. The number of hydrogen-bond donors (Lipinski definition) is 1. The molecule has 0 saturated heterocycles. The molecular weight excluding hydrogens is 262 g/mol. The summed E-state index contributed by atoms with van der Waals surface area (Å²) in [7, 11) is 0. The number of hydrogen-bond acceptors (Lipinski definition) is 3. The molecule has 1 unspecified atom stereocenters. The van der Waals surface area contributed by atoms with E-state index in [2.05, 4.69) is 4.98 Å². The van der Waals surface area contributed by atoms with Crippen LogP contribution in [0.1, 0.15) is 31.1 Å². The second kappa shape index (κ2) is 6.04. The first-order chi connectivity index (χ1) is 9.08. The first-order valence-electron chi connectivity index (χ1n) is 6.12. The quantitative estimate of drug-likeness (QED) is 0.928. The Hall–Kier alpha value is -1.58. The fourth-order valence-electron chi connectivity index (χ4n) is 1.79. The second-order valence-corrected chi connectivity index (χ2v) is 4.94. The molecule has 3 nitrogen and oxygen atoms in total. The number of pyridine rings is 1. The normalized spacial score (nSPS) is 12.5. The number of benzene rings is 1. The van der Waals surface area contributed by atoms with Gasteiger partial charge in [-0.05, 0) is 37.6 Å². The third-order valence-electron chi connectivity index (χ3n) is 2.67. The van der Waals surface area contributed by atoms with Gasteiger partial charge in [-0.2, -0.15) is 0 Å². The van der Waals surface area contributed by atoms with Gasteiger partial charge in [0.25, 0.3) is 0 Å². The topological polar surface area (TPSA) is 42.4 Å². The third-order valence-corrected chi connectivity index (χ3v) is 2.98. The maximum Gasteiger partial charge on any atom is 0.119 e. The standard InChI is InChI=1S/C15H16ClNO2/c1-10(2)19-12-5-3-11(4-6-12)15(18)13-7-8-17-9-14(13)16/h3-10,15,18H,1-2H3. The number of aliphatic hydroxyl groups excluding tert-OH is 1. The minimum absolute atomic E-state index is 0.130. The van der Waals surface area contributed by atoms with Crippen molar-refractivity contribution < 1.29 is 9.84 Å². The van der Waals surface area contributed by atoms with Gasteiger partial charge in [0.15, 0.2) is 0 Å². The van der Waals surface area contributed by atoms with Crippen LogP contribution in [-0.4, -0.2) is 16.2 Å². The summed E-state index contributed by atoms with van der Waals surface area (Å²) in [5, 5.41) is 10.7. The average molecular weight is 278 g/mol. The van der Waals surface area contributed by atoms with Gasteiger partial charge in [-0.3, -0.25) is 4.98 Å². The van der Waals surface area contributed by atoms with E-state index in [0.717, 1.165) is 11.3 Å². The summed E-state index contributed by atoms with van der Waals surface area (Å²) < 4.78 is 5.56. The van der Waals surface area contributed by atoms with E-state index in [4.69, 9.17) is 16.3 Å². The van der Waals surface area contributed by atoms with Gasteiger partial charge in [0.2, 0.25) is 0 Å². The number of rotatable bonds is 4. The van der Waals surface area contributed by atoms with Crippen LogP contribution in [0.5, 0.6) is 5.75 Å². The fourth-order valence-corrected chi connectivity index (χ4v) is 2.01. The molecule has 1 aromatic heterocycles. The fraction of sp³-hybridized carbons (Fsp3) is 0.267. The SMILES string of the molecule is CC(C)Oc1ccc(C(O)c2ccncc2Cl)cc1. The van der Waals surface area contributed by atoms with E-state index in [1.165, 1.54) is 6.20 Å². The molecule has 19 heavy (non-hydrogen) atoms. The van der Waals surface area contributed by atoms with Crippen molar-refractivity contribution in [1.29, 1.82) is 0 Å². The Morgan fingerprint density at radius 2 is 1.84 bits per heavy atom. The van der Waals surface area contributed by atoms with E-state index in [1.54, 1.807) is 12.3 Å². The van der Waals surface area contributed by atoms with E-state index in [1.807, 2.05) is 38.1 Å². The molecule has 1 atom stereocenters. The van der Waals surface area contributed by atoms with Gasteiger partial charge < -0.3 is 9.84 Å². The highest BCUT2D eigenvalue weighted by molar-refractivity contribution is 6.31. The smallest absolute Gasteiger partial charge is 0.119 e. The van der Waals surface area contributed by atoms with Crippen molar-refractivity contribution in [2.75, 3.05) is 0 Å². The summed E-state index contributed by atoms with van der Waals surface area (Å²) in [5.41, 5.74) is 1.42. The van der Waals surface area contributed by atoms with Crippen LogP contribution in [0.2, 0.25) is 5.02 Å². The highest BCUT2D eigenvalue weighted by Gasteiger charge is 2.13. The minimum Gasteiger partial charge on any atom is -0.491 e. The van der Waals surface area contributed by atoms with Crippen LogP contribution in [0.25, 0.3) is 0 Å². The Morgan fingerprint density at radius 3 is 2.42 bits per heavy atom. The summed E-state index contributed by atoms with van der Waals surface area (Å²) in [6.45, 7) is 3.94. The molecule has 4 heteroatoms. The van der Waals surface area contributed by atoms with Crippen LogP contribution in [0.3, 0.4) is 0 Å². The van der Waals surface area contributed by atoms with E-state index >= 15 is 0 Å². The Bertz CT molecular complexity index is 540. The van der Waals surface area contributed by atoms with Crippen LogP contribution in [0, 0.1) is 0 Å². The summed E-state index contributed by atoms with van der Waals surface area (Å²) in [6, 6.07) is 9.06. The van der Waals surface area contributed by atoms with Crippen LogP contribution in [0.4, 0.5) is 0 Å². The number of aromatic nitrogens is 1. The van der Waals surface area contributed by atoms with Crippen molar-refractivity contribution in [3.05, 3.63) is 58.9 Å². The monoisotopic (exact) mass is 277 g/mol. The molecule has 0 aliphatic rings. The molecule has 0 aliphatic carbocycles. The van der Waals surface area contributed by atoms with E-state index in [0.29, 0.717) is 10.6 Å². The van der Waals surface area contributed by atoms with Crippen molar-refractivity contribution in [1.82, 2.24) is 4.98 Å². The van der Waals surface area contributed by atoms with Crippen LogP contribution in [-0.2, 0) is 0 Å². The molecule has 0 radical (unpaired) electrons. The predicted molar refractivity (Wildman–Crippen MR) is 75.5 cm³/mol. The lowest BCUT2D eigenvalue weighted by Crippen LogP contribution is -2.06. The number of nitrogens with zero attached hydrogens (tertiary/aromatic N) is 1. The molecule has 0 aliphatic heterocycles. The Morgan fingerprint density at radius 1 is 1.16 bits per heavy atom. The number of ether oxygens (including phenoxy) is 1. The number of halogens is 1. The molecule has 0 fully saturated rings. The summed E-state index contributed by atoms with van der Waals surface area (Å²) in [6.07, 6.45) is 2.51. The molecular formula is C15H16ClNO2. The van der Waals surface area contributed by atoms with Gasteiger partial charge in [0.1, 0.15) is 11.9 Å². The lowest BCUT2D eigenvalue weighted by molar-refractivity contribution is 0.219. The highest BCUT2D eigenvalue weighted by Crippen LogP contribution is 2.28. The molecule has 0 spiro atoms. The minimum atomic E-state index is -0.761. The number of aliphatic hydroxyl groups is 1. The zero-order chi connectivity index (χ0) is 13.8. The Kier molecular flexibility index (Phi) is 4.40. The van der Waals surface area contributed by atoms with Gasteiger partial charge in [0, 0.05) is 18.0 Å². The van der Waals surface area contributed by atoms with Gasteiger partial charge in [-0.15, -0.1) is 0 Å². The summed E-state index contributed by atoms with van der Waals surface area (Å²) >= 11 is 6.02. The zero-order valence-corrected chi connectivity index (χ0v) is 11.6. The first-order valence-corrected chi connectivity index (χ1v) is 6.50. The van der Waals surface area contributed by atoms with E-state index in [9.17, 15) is 5.11 Å². The van der Waals surface area contributed by atoms with Gasteiger partial charge in [-0.1, -0.05) is 23.7 Å².